The van der Waals surface area contributed by atoms with Crippen molar-refractivity contribution in [1.82, 2.24) is 4.98 Å². The van der Waals surface area contributed by atoms with E-state index in [9.17, 15) is 14.4 Å². The first-order valence-electron chi connectivity index (χ1n) is 8.20. The van der Waals surface area contributed by atoms with Crippen LogP contribution in [0.4, 0.5) is 5.69 Å². The smallest absolute Gasteiger partial charge is 0.343 e. The van der Waals surface area contributed by atoms with E-state index in [0.29, 0.717) is 22.2 Å². The van der Waals surface area contributed by atoms with Crippen LogP contribution in [0.5, 0.6) is 0 Å². The number of H-pyrrole nitrogens is 1. The molecule has 0 aliphatic heterocycles. The van der Waals surface area contributed by atoms with E-state index in [-0.39, 0.29) is 18.1 Å². The second-order valence-corrected chi connectivity index (χ2v) is 5.84. The van der Waals surface area contributed by atoms with Crippen molar-refractivity contribution in [3.8, 4) is 0 Å². The van der Waals surface area contributed by atoms with Gasteiger partial charge < -0.3 is 15.0 Å². The number of aromatic nitrogens is 1. The lowest BCUT2D eigenvalue weighted by molar-refractivity contribution is 0.0524. The number of carbonyl (C=O) groups is 2. The zero-order valence-electron chi connectivity index (χ0n) is 14.5. The van der Waals surface area contributed by atoms with Crippen molar-refractivity contribution in [3.63, 3.8) is 0 Å². The van der Waals surface area contributed by atoms with E-state index in [1.165, 1.54) is 6.20 Å². The van der Waals surface area contributed by atoms with Crippen LogP contribution in [0, 0.1) is 6.92 Å². The number of fused-ring (bicyclic) bond motifs is 1. The summed E-state index contributed by atoms with van der Waals surface area (Å²) in [6.45, 7) is 3.76. The van der Waals surface area contributed by atoms with Gasteiger partial charge in [-0.2, -0.15) is 0 Å². The quantitative estimate of drug-likeness (QED) is 0.707. The summed E-state index contributed by atoms with van der Waals surface area (Å²) in [5, 5.41) is 3.07. The molecule has 0 saturated heterocycles. The van der Waals surface area contributed by atoms with Gasteiger partial charge in [0, 0.05) is 28.4 Å². The Morgan fingerprint density at radius 2 is 1.96 bits per heavy atom. The fourth-order valence-corrected chi connectivity index (χ4v) is 2.65. The number of hydrogen-bond donors (Lipinski definition) is 2. The van der Waals surface area contributed by atoms with Gasteiger partial charge in [-0.05, 0) is 44.2 Å². The summed E-state index contributed by atoms with van der Waals surface area (Å²) in [6.07, 6.45) is 1.34. The lowest BCUT2D eigenvalue weighted by atomic mass is 10.1. The zero-order chi connectivity index (χ0) is 18.7. The van der Waals surface area contributed by atoms with Gasteiger partial charge in [0.1, 0.15) is 5.56 Å². The molecule has 0 bridgehead atoms. The second-order valence-electron chi connectivity index (χ2n) is 5.84. The number of pyridine rings is 1. The number of aryl methyl sites for hydroxylation is 1. The fraction of sp³-hybridized carbons (Fsp3) is 0.150. The van der Waals surface area contributed by atoms with Gasteiger partial charge >= 0.3 is 5.97 Å². The minimum absolute atomic E-state index is 0.0680. The molecule has 0 unspecified atom stereocenters. The minimum atomic E-state index is -0.676. The van der Waals surface area contributed by atoms with Gasteiger partial charge in [-0.15, -0.1) is 0 Å². The summed E-state index contributed by atoms with van der Waals surface area (Å²) in [7, 11) is 0. The maximum absolute atomic E-state index is 12.6. The first-order chi connectivity index (χ1) is 12.5. The van der Waals surface area contributed by atoms with Crippen LogP contribution in [0.3, 0.4) is 0 Å². The highest BCUT2D eigenvalue weighted by atomic mass is 16.5. The van der Waals surface area contributed by atoms with Crippen LogP contribution < -0.4 is 10.7 Å². The van der Waals surface area contributed by atoms with E-state index >= 15 is 0 Å². The van der Waals surface area contributed by atoms with E-state index in [4.69, 9.17) is 4.74 Å². The predicted molar refractivity (Wildman–Crippen MR) is 99.7 cm³/mol. The lowest BCUT2D eigenvalue weighted by Gasteiger charge is -2.08. The molecule has 0 atom stereocenters. The number of benzene rings is 2. The first-order valence-corrected chi connectivity index (χ1v) is 8.20. The lowest BCUT2D eigenvalue weighted by Crippen LogP contribution is -2.18. The van der Waals surface area contributed by atoms with E-state index in [1.54, 1.807) is 43.3 Å². The summed E-state index contributed by atoms with van der Waals surface area (Å²) in [6, 6.07) is 12.1. The molecule has 0 radical (unpaired) electrons. The van der Waals surface area contributed by atoms with Crippen molar-refractivity contribution in [2.24, 2.45) is 0 Å². The van der Waals surface area contributed by atoms with Crippen LogP contribution in [0.15, 0.2) is 53.5 Å². The van der Waals surface area contributed by atoms with Crippen LogP contribution in [0.2, 0.25) is 0 Å². The molecule has 1 heterocycles. The molecule has 2 aromatic carbocycles. The van der Waals surface area contributed by atoms with Crippen LogP contribution in [0.25, 0.3) is 10.9 Å². The highest BCUT2D eigenvalue weighted by Gasteiger charge is 2.15. The van der Waals surface area contributed by atoms with Gasteiger partial charge in [-0.3, -0.25) is 9.59 Å². The maximum Gasteiger partial charge on any atom is 0.343 e. The Bertz CT molecular complexity index is 1050. The Kier molecular flexibility index (Phi) is 4.84. The van der Waals surface area contributed by atoms with E-state index in [0.717, 1.165) is 5.56 Å². The van der Waals surface area contributed by atoms with Crippen molar-refractivity contribution in [2.45, 2.75) is 13.8 Å². The van der Waals surface area contributed by atoms with Crippen LogP contribution in [0.1, 0.15) is 33.2 Å². The SMILES string of the molecule is CCOC(=O)c1c[nH]c2ccc(NC(=O)c3cccc(C)c3)cc2c1=O. The molecule has 2 N–H and O–H groups in total. The van der Waals surface area contributed by atoms with E-state index in [2.05, 4.69) is 10.3 Å². The van der Waals surface area contributed by atoms with Crippen LogP contribution >= 0.6 is 0 Å². The van der Waals surface area contributed by atoms with Gasteiger partial charge in [0.05, 0.1) is 6.61 Å². The Hall–Kier alpha value is -3.41. The van der Waals surface area contributed by atoms with Gasteiger partial charge in [-0.25, -0.2) is 4.79 Å². The molecule has 3 rings (SSSR count). The minimum Gasteiger partial charge on any atom is -0.462 e. The molecular weight excluding hydrogens is 332 g/mol. The fourth-order valence-electron chi connectivity index (χ4n) is 2.65. The van der Waals surface area contributed by atoms with E-state index in [1.807, 2.05) is 13.0 Å². The predicted octanol–water partition coefficient (Wildman–Crippen LogP) is 3.27. The van der Waals surface area contributed by atoms with Crippen molar-refractivity contribution in [3.05, 3.63) is 75.6 Å². The molecule has 26 heavy (non-hydrogen) atoms. The van der Waals surface area contributed by atoms with Crippen molar-refractivity contribution >= 4 is 28.5 Å². The molecule has 0 spiro atoms. The third-order valence-electron chi connectivity index (χ3n) is 3.91. The molecule has 1 amide bonds. The third-order valence-corrected chi connectivity index (χ3v) is 3.91. The molecular formula is C20H18N2O4. The largest absolute Gasteiger partial charge is 0.462 e. The summed E-state index contributed by atoms with van der Waals surface area (Å²) in [5.74, 6) is -0.948. The molecule has 0 saturated carbocycles. The summed E-state index contributed by atoms with van der Waals surface area (Å²) in [4.78, 5) is 39.7. The van der Waals surface area contributed by atoms with Crippen molar-refractivity contribution < 1.29 is 14.3 Å². The average Bonchev–Trinajstić information content (AvgIpc) is 2.62. The highest BCUT2D eigenvalue weighted by molar-refractivity contribution is 6.05. The average molecular weight is 350 g/mol. The number of hydrogen-bond acceptors (Lipinski definition) is 4. The van der Waals surface area contributed by atoms with Crippen molar-refractivity contribution in [2.75, 3.05) is 11.9 Å². The topological polar surface area (TPSA) is 88.3 Å². The first kappa shape index (κ1) is 17.4. The third kappa shape index (κ3) is 3.49. The van der Waals surface area contributed by atoms with Crippen molar-refractivity contribution in [1.29, 1.82) is 0 Å². The number of ether oxygens (including phenoxy) is 1. The second kappa shape index (κ2) is 7.23. The molecule has 0 fully saturated rings. The molecule has 6 heteroatoms. The monoisotopic (exact) mass is 350 g/mol. The molecule has 132 valence electrons. The molecule has 6 nitrogen and oxygen atoms in total. The summed E-state index contributed by atoms with van der Waals surface area (Å²) < 4.78 is 4.89. The van der Waals surface area contributed by atoms with Gasteiger partial charge in [0.2, 0.25) is 5.43 Å². The van der Waals surface area contributed by atoms with Gasteiger partial charge in [0.25, 0.3) is 5.91 Å². The normalized spacial score (nSPS) is 10.5. The number of aromatic amines is 1. The standard InChI is InChI=1S/C20H18N2O4/c1-3-26-20(25)16-11-21-17-8-7-14(10-15(17)18(16)23)22-19(24)13-6-4-5-12(2)9-13/h4-11H,3H2,1-2H3,(H,21,23)(H,22,24). The Morgan fingerprint density at radius 3 is 2.69 bits per heavy atom. The molecule has 1 aromatic heterocycles. The maximum atomic E-state index is 12.6. The highest BCUT2D eigenvalue weighted by Crippen LogP contribution is 2.17. The Morgan fingerprint density at radius 1 is 1.15 bits per heavy atom. The molecule has 0 aliphatic carbocycles. The van der Waals surface area contributed by atoms with Crippen LogP contribution in [-0.4, -0.2) is 23.5 Å². The van der Waals surface area contributed by atoms with E-state index < -0.39 is 11.4 Å². The number of nitrogens with one attached hydrogen (secondary N) is 2. The number of anilines is 1. The van der Waals surface area contributed by atoms with Gasteiger partial charge in [-0.1, -0.05) is 17.7 Å². The summed E-state index contributed by atoms with van der Waals surface area (Å²) in [5.41, 5.74) is 2.03. The number of rotatable bonds is 4. The van der Waals surface area contributed by atoms with Crippen LogP contribution in [-0.2, 0) is 4.74 Å². The number of amides is 1. The van der Waals surface area contributed by atoms with Gasteiger partial charge in [0.15, 0.2) is 0 Å². The molecule has 3 aromatic rings. The zero-order valence-corrected chi connectivity index (χ0v) is 14.5. The Balaban J connectivity index is 1.95. The summed E-state index contributed by atoms with van der Waals surface area (Å²) >= 11 is 0. The number of esters is 1. The Labute approximate surface area is 149 Å². The molecule has 0 aliphatic rings. The number of carbonyl (C=O) groups excluding carboxylic acids is 2.